The molecule has 1 aliphatic heterocycles. The Labute approximate surface area is 96.5 Å². The number of carbonyl (C=O) groups excluding carboxylic acids is 1. The van der Waals surface area contributed by atoms with Crippen LogP contribution in [0.5, 0.6) is 0 Å². The standard InChI is InChI=1S/C13H20O3/c1-15-11(14)12(6-7-12)13(8-16-9-13)10-4-2-3-5-10/h10H,2-9H2,1H3. The molecule has 0 aromatic heterocycles. The lowest BCUT2D eigenvalue weighted by atomic mass is 9.62. The molecule has 0 bridgehead atoms. The zero-order chi connectivity index (χ0) is 11.2. The van der Waals surface area contributed by atoms with Crippen molar-refractivity contribution in [3.63, 3.8) is 0 Å². The minimum Gasteiger partial charge on any atom is -0.469 e. The summed E-state index contributed by atoms with van der Waals surface area (Å²) < 4.78 is 10.5. The summed E-state index contributed by atoms with van der Waals surface area (Å²) in [7, 11) is 1.52. The fourth-order valence-electron chi connectivity index (χ4n) is 3.93. The van der Waals surface area contributed by atoms with Crippen LogP contribution in [0.3, 0.4) is 0 Å². The topological polar surface area (TPSA) is 35.5 Å². The molecule has 0 amide bonds. The molecule has 0 aromatic rings. The summed E-state index contributed by atoms with van der Waals surface area (Å²) in [4.78, 5) is 12.0. The van der Waals surface area contributed by atoms with Crippen molar-refractivity contribution >= 4 is 5.97 Å². The van der Waals surface area contributed by atoms with Crippen molar-refractivity contribution in [3.05, 3.63) is 0 Å². The lowest BCUT2D eigenvalue weighted by Crippen LogP contribution is -2.56. The van der Waals surface area contributed by atoms with Crippen LogP contribution in [-0.4, -0.2) is 26.3 Å². The van der Waals surface area contributed by atoms with Crippen LogP contribution in [0, 0.1) is 16.7 Å². The monoisotopic (exact) mass is 224 g/mol. The maximum absolute atomic E-state index is 12.0. The highest BCUT2D eigenvalue weighted by Crippen LogP contribution is 2.67. The average molecular weight is 224 g/mol. The first-order chi connectivity index (χ1) is 7.75. The lowest BCUT2D eigenvalue weighted by molar-refractivity contribution is -0.203. The first kappa shape index (κ1) is 10.6. The minimum absolute atomic E-state index is 0.0164. The van der Waals surface area contributed by atoms with Crippen LogP contribution >= 0.6 is 0 Å². The van der Waals surface area contributed by atoms with E-state index in [1.807, 2.05) is 0 Å². The molecule has 0 radical (unpaired) electrons. The molecule has 3 nitrogen and oxygen atoms in total. The van der Waals surface area contributed by atoms with Gasteiger partial charge in [0, 0.05) is 5.41 Å². The smallest absolute Gasteiger partial charge is 0.312 e. The third-order valence-corrected chi connectivity index (χ3v) is 5.14. The van der Waals surface area contributed by atoms with Gasteiger partial charge < -0.3 is 9.47 Å². The van der Waals surface area contributed by atoms with Crippen LogP contribution in [0.15, 0.2) is 0 Å². The highest BCUT2D eigenvalue weighted by Gasteiger charge is 2.70. The van der Waals surface area contributed by atoms with E-state index in [1.165, 1.54) is 32.8 Å². The maximum atomic E-state index is 12.0. The van der Waals surface area contributed by atoms with Crippen LogP contribution < -0.4 is 0 Å². The van der Waals surface area contributed by atoms with Gasteiger partial charge in [-0.1, -0.05) is 12.8 Å². The van der Waals surface area contributed by atoms with Crippen LogP contribution in [0.1, 0.15) is 38.5 Å². The van der Waals surface area contributed by atoms with Crippen molar-refractivity contribution in [2.75, 3.05) is 20.3 Å². The Balaban J connectivity index is 1.87. The Bertz CT molecular complexity index is 296. The van der Waals surface area contributed by atoms with Crippen molar-refractivity contribution in [1.29, 1.82) is 0 Å². The van der Waals surface area contributed by atoms with Crippen LogP contribution in [0.2, 0.25) is 0 Å². The second-order valence-corrected chi connectivity index (χ2v) is 5.70. The van der Waals surface area contributed by atoms with Crippen LogP contribution in [-0.2, 0) is 14.3 Å². The van der Waals surface area contributed by atoms with Gasteiger partial charge in [-0.3, -0.25) is 4.79 Å². The van der Waals surface area contributed by atoms with E-state index in [1.54, 1.807) is 0 Å². The van der Waals surface area contributed by atoms with Gasteiger partial charge in [0.25, 0.3) is 0 Å². The molecular weight excluding hydrogens is 204 g/mol. The Morgan fingerprint density at radius 2 is 1.88 bits per heavy atom. The number of esters is 1. The summed E-state index contributed by atoms with van der Waals surface area (Å²) >= 11 is 0. The number of rotatable bonds is 3. The quantitative estimate of drug-likeness (QED) is 0.689. The summed E-state index contributed by atoms with van der Waals surface area (Å²) in [5.74, 6) is 0.713. The molecule has 0 aromatic carbocycles. The largest absolute Gasteiger partial charge is 0.469 e. The minimum atomic E-state index is -0.172. The van der Waals surface area contributed by atoms with Crippen molar-refractivity contribution in [3.8, 4) is 0 Å². The molecule has 2 saturated carbocycles. The van der Waals surface area contributed by atoms with E-state index < -0.39 is 0 Å². The molecule has 0 N–H and O–H groups in total. The third-order valence-electron chi connectivity index (χ3n) is 5.14. The predicted molar refractivity (Wildman–Crippen MR) is 58.9 cm³/mol. The number of carbonyl (C=O) groups is 1. The predicted octanol–water partition coefficient (Wildman–Crippen LogP) is 2.15. The van der Waals surface area contributed by atoms with Crippen LogP contribution in [0.25, 0.3) is 0 Å². The second-order valence-electron chi connectivity index (χ2n) is 5.70. The molecule has 3 heteroatoms. The van der Waals surface area contributed by atoms with E-state index >= 15 is 0 Å². The zero-order valence-corrected chi connectivity index (χ0v) is 9.96. The molecule has 3 aliphatic rings. The van der Waals surface area contributed by atoms with Gasteiger partial charge in [0.1, 0.15) is 0 Å². The fraction of sp³-hybridized carbons (Fsp3) is 0.923. The van der Waals surface area contributed by atoms with Crippen molar-refractivity contribution < 1.29 is 14.3 Å². The Kier molecular flexibility index (Phi) is 2.29. The van der Waals surface area contributed by atoms with Crippen molar-refractivity contribution in [2.45, 2.75) is 38.5 Å². The molecule has 1 saturated heterocycles. The summed E-state index contributed by atoms with van der Waals surface area (Å²) in [5, 5.41) is 0. The molecule has 1 heterocycles. The highest BCUT2D eigenvalue weighted by molar-refractivity contribution is 5.81. The van der Waals surface area contributed by atoms with E-state index in [9.17, 15) is 4.79 Å². The van der Waals surface area contributed by atoms with Gasteiger partial charge in [-0.05, 0) is 31.6 Å². The molecule has 2 aliphatic carbocycles. The lowest BCUT2D eigenvalue weighted by Gasteiger charge is -2.50. The maximum Gasteiger partial charge on any atom is 0.312 e. The first-order valence-electron chi connectivity index (χ1n) is 6.41. The van der Waals surface area contributed by atoms with E-state index in [2.05, 4.69) is 0 Å². The second kappa shape index (κ2) is 3.46. The van der Waals surface area contributed by atoms with E-state index in [-0.39, 0.29) is 16.8 Å². The number of hydrogen-bond donors (Lipinski definition) is 0. The Morgan fingerprint density at radius 1 is 1.25 bits per heavy atom. The van der Waals surface area contributed by atoms with Crippen molar-refractivity contribution in [2.24, 2.45) is 16.7 Å². The molecular formula is C13H20O3. The summed E-state index contributed by atoms with van der Waals surface area (Å²) in [5.41, 5.74) is -0.0361. The molecule has 0 spiro atoms. The zero-order valence-electron chi connectivity index (χ0n) is 9.96. The van der Waals surface area contributed by atoms with Gasteiger partial charge in [0.05, 0.1) is 25.7 Å². The Morgan fingerprint density at radius 3 is 2.25 bits per heavy atom. The molecule has 0 unspecified atom stereocenters. The van der Waals surface area contributed by atoms with Gasteiger partial charge >= 0.3 is 5.97 Å². The SMILES string of the molecule is COC(=O)C1(C2(C3CCCC3)COC2)CC1. The normalized spacial score (nSPS) is 30.8. The highest BCUT2D eigenvalue weighted by atomic mass is 16.5. The van der Waals surface area contributed by atoms with Gasteiger partial charge in [0.2, 0.25) is 0 Å². The van der Waals surface area contributed by atoms with Crippen molar-refractivity contribution in [1.82, 2.24) is 0 Å². The number of ether oxygens (including phenoxy) is 2. The molecule has 3 fully saturated rings. The Hall–Kier alpha value is -0.570. The van der Waals surface area contributed by atoms with E-state index in [0.29, 0.717) is 5.92 Å². The summed E-state index contributed by atoms with van der Waals surface area (Å²) in [6, 6.07) is 0. The molecule has 90 valence electrons. The summed E-state index contributed by atoms with van der Waals surface area (Å²) in [6.07, 6.45) is 7.23. The van der Waals surface area contributed by atoms with Gasteiger partial charge in [-0.15, -0.1) is 0 Å². The molecule has 3 rings (SSSR count). The fourth-order valence-corrected chi connectivity index (χ4v) is 3.93. The van der Waals surface area contributed by atoms with Crippen LogP contribution in [0.4, 0.5) is 0 Å². The summed E-state index contributed by atoms with van der Waals surface area (Å²) in [6.45, 7) is 1.57. The number of hydrogen-bond acceptors (Lipinski definition) is 3. The first-order valence-corrected chi connectivity index (χ1v) is 6.41. The van der Waals surface area contributed by atoms with E-state index in [4.69, 9.17) is 9.47 Å². The number of methoxy groups -OCH3 is 1. The average Bonchev–Trinajstić information content (AvgIpc) is 2.85. The van der Waals surface area contributed by atoms with Gasteiger partial charge in [-0.2, -0.15) is 0 Å². The molecule has 16 heavy (non-hydrogen) atoms. The van der Waals surface area contributed by atoms with E-state index in [0.717, 1.165) is 26.1 Å². The molecule has 0 atom stereocenters. The third kappa shape index (κ3) is 1.15. The van der Waals surface area contributed by atoms with Gasteiger partial charge in [0.15, 0.2) is 0 Å². The van der Waals surface area contributed by atoms with Gasteiger partial charge in [-0.25, -0.2) is 0 Å².